The van der Waals surface area contributed by atoms with Crippen LogP contribution in [-0.2, 0) is 4.74 Å². The maximum absolute atomic E-state index is 11.3. The van der Waals surface area contributed by atoms with Gasteiger partial charge in [-0.3, -0.25) is 0 Å². The van der Waals surface area contributed by atoms with Gasteiger partial charge >= 0.3 is 5.97 Å². The van der Waals surface area contributed by atoms with Crippen molar-refractivity contribution in [1.29, 1.82) is 0 Å². The van der Waals surface area contributed by atoms with Gasteiger partial charge in [0, 0.05) is 6.20 Å². The average Bonchev–Trinajstić information content (AvgIpc) is 2.54. The second-order valence-corrected chi connectivity index (χ2v) is 3.06. The third-order valence-corrected chi connectivity index (χ3v) is 1.87. The van der Waals surface area contributed by atoms with Crippen LogP contribution >= 0.6 is 22.6 Å². The summed E-state index contributed by atoms with van der Waals surface area (Å²) in [6.45, 7) is 2.17. The number of aromatic amines is 1. The molecule has 0 saturated heterocycles. The van der Waals surface area contributed by atoms with E-state index >= 15 is 0 Å². The molecule has 1 aromatic heterocycles. The molecule has 4 nitrogen and oxygen atoms in total. The number of carbonyl (C=O) groups excluding carboxylic acids is 1. The molecular weight excluding hydrogens is 283 g/mol. The van der Waals surface area contributed by atoms with Crippen LogP contribution in [0.25, 0.3) is 0 Å². The summed E-state index contributed by atoms with van der Waals surface area (Å²) < 4.78 is 5.61. The standard InChI is InChI=1S/C8H11IN2O2/c1-2-13-8(12)7-6(11-5-9)3-4-10-7/h3-4,10-11H,2,5H2,1H3. The van der Waals surface area contributed by atoms with Crippen molar-refractivity contribution in [3.05, 3.63) is 18.0 Å². The van der Waals surface area contributed by atoms with E-state index in [-0.39, 0.29) is 5.97 Å². The van der Waals surface area contributed by atoms with Crippen LogP contribution in [0.3, 0.4) is 0 Å². The van der Waals surface area contributed by atoms with E-state index in [1.807, 2.05) is 6.07 Å². The fourth-order valence-corrected chi connectivity index (χ4v) is 1.37. The van der Waals surface area contributed by atoms with Crippen LogP contribution in [0.4, 0.5) is 5.69 Å². The van der Waals surface area contributed by atoms with Gasteiger partial charge in [0.2, 0.25) is 0 Å². The molecule has 5 heteroatoms. The van der Waals surface area contributed by atoms with Gasteiger partial charge in [0.25, 0.3) is 0 Å². The molecule has 0 radical (unpaired) electrons. The van der Waals surface area contributed by atoms with Crippen molar-refractivity contribution < 1.29 is 9.53 Å². The first-order valence-corrected chi connectivity index (χ1v) is 5.46. The summed E-state index contributed by atoms with van der Waals surface area (Å²) in [5.74, 6) is -0.320. The van der Waals surface area contributed by atoms with E-state index in [2.05, 4.69) is 32.9 Å². The van der Waals surface area contributed by atoms with Crippen LogP contribution in [-0.4, -0.2) is 22.1 Å². The van der Waals surface area contributed by atoms with Gasteiger partial charge in [-0.2, -0.15) is 0 Å². The number of H-pyrrole nitrogens is 1. The first-order chi connectivity index (χ1) is 6.29. The van der Waals surface area contributed by atoms with Crippen LogP contribution in [0.2, 0.25) is 0 Å². The number of anilines is 1. The highest BCUT2D eigenvalue weighted by Gasteiger charge is 2.12. The van der Waals surface area contributed by atoms with Crippen LogP contribution < -0.4 is 5.32 Å². The number of hydrogen-bond acceptors (Lipinski definition) is 3. The molecule has 0 unspecified atom stereocenters. The highest BCUT2D eigenvalue weighted by Crippen LogP contribution is 2.14. The molecule has 1 rings (SSSR count). The molecule has 1 aromatic rings. The van der Waals surface area contributed by atoms with E-state index in [0.29, 0.717) is 12.3 Å². The molecule has 0 aliphatic rings. The predicted molar refractivity (Wildman–Crippen MR) is 59.3 cm³/mol. The van der Waals surface area contributed by atoms with Crippen LogP contribution in [0.1, 0.15) is 17.4 Å². The molecule has 2 N–H and O–H groups in total. The topological polar surface area (TPSA) is 54.1 Å². The number of esters is 1. The zero-order valence-electron chi connectivity index (χ0n) is 7.26. The second-order valence-electron chi connectivity index (χ2n) is 2.30. The molecule has 0 atom stereocenters. The molecule has 0 fully saturated rings. The Bertz CT molecular complexity index is 285. The van der Waals surface area contributed by atoms with Gasteiger partial charge in [0.15, 0.2) is 0 Å². The number of hydrogen-bond donors (Lipinski definition) is 2. The summed E-state index contributed by atoms with van der Waals surface area (Å²) in [5.41, 5.74) is 1.27. The van der Waals surface area contributed by atoms with E-state index in [9.17, 15) is 4.79 Å². The SMILES string of the molecule is CCOC(=O)c1[nH]ccc1NCI. The van der Waals surface area contributed by atoms with Crippen molar-refractivity contribution in [3.8, 4) is 0 Å². The lowest BCUT2D eigenvalue weighted by Crippen LogP contribution is -2.08. The van der Waals surface area contributed by atoms with E-state index < -0.39 is 0 Å². The molecule has 13 heavy (non-hydrogen) atoms. The Balaban J connectivity index is 2.74. The fourth-order valence-electron chi connectivity index (χ4n) is 0.961. The van der Waals surface area contributed by atoms with Gasteiger partial charge < -0.3 is 15.0 Å². The summed E-state index contributed by atoms with van der Waals surface area (Å²) in [6.07, 6.45) is 1.71. The first kappa shape index (κ1) is 10.4. The molecule has 0 spiro atoms. The second kappa shape index (κ2) is 5.11. The Hall–Kier alpha value is -0.720. The van der Waals surface area contributed by atoms with Crippen molar-refractivity contribution in [2.75, 3.05) is 16.5 Å². The van der Waals surface area contributed by atoms with Crippen molar-refractivity contribution in [3.63, 3.8) is 0 Å². The van der Waals surface area contributed by atoms with Gasteiger partial charge in [-0.15, -0.1) is 0 Å². The Morgan fingerprint density at radius 1 is 1.77 bits per heavy atom. The summed E-state index contributed by atoms with van der Waals surface area (Å²) in [4.78, 5) is 14.1. The van der Waals surface area contributed by atoms with Crippen LogP contribution in [0, 0.1) is 0 Å². The molecular formula is C8H11IN2O2. The lowest BCUT2D eigenvalue weighted by Gasteiger charge is -2.03. The molecule has 0 aromatic carbocycles. The summed E-state index contributed by atoms with van der Waals surface area (Å²) in [6, 6.07) is 1.81. The number of aromatic nitrogens is 1. The predicted octanol–water partition coefficient (Wildman–Crippen LogP) is 2.00. The molecule has 0 bridgehead atoms. The molecule has 0 aliphatic carbocycles. The Morgan fingerprint density at radius 2 is 2.54 bits per heavy atom. The number of carbonyl (C=O) groups is 1. The van der Waals surface area contributed by atoms with Crippen LogP contribution in [0.5, 0.6) is 0 Å². The van der Waals surface area contributed by atoms with Crippen molar-refractivity contribution >= 4 is 34.2 Å². The fraction of sp³-hybridized carbons (Fsp3) is 0.375. The summed E-state index contributed by atoms with van der Waals surface area (Å²) in [7, 11) is 0. The van der Waals surface area contributed by atoms with E-state index in [1.54, 1.807) is 13.1 Å². The number of rotatable bonds is 4. The third-order valence-electron chi connectivity index (χ3n) is 1.48. The third kappa shape index (κ3) is 2.61. The first-order valence-electron chi connectivity index (χ1n) is 3.94. The van der Waals surface area contributed by atoms with Gasteiger partial charge in [0.1, 0.15) is 5.69 Å². The number of nitrogens with one attached hydrogen (secondary N) is 2. The average molecular weight is 294 g/mol. The normalized spacial score (nSPS) is 9.69. The zero-order chi connectivity index (χ0) is 9.68. The van der Waals surface area contributed by atoms with E-state index in [0.717, 1.165) is 10.2 Å². The van der Waals surface area contributed by atoms with Gasteiger partial charge in [-0.05, 0) is 13.0 Å². The minimum absolute atomic E-state index is 0.320. The van der Waals surface area contributed by atoms with Gasteiger partial charge in [-0.25, -0.2) is 4.79 Å². The molecule has 0 amide bonds. The quantitative estimate of drug-likeness (QED) is 0.386. The Morgan fingerprint density at radius 3 is 3.15 bits per heavy atom. The minimum atomic E-state index is -0.320. The highest BCUT2D eigenvalue weighted by molar-refractivity contribution is 14.1. The number of ether oxygens (including phenoxy) is 1. The zero-order valence-corrected chi connectivity index (χ0v) is 9.42. The van der Waals surface area contributed by atoms with E-state index in [1.165, 1.54) is 0 Å². The van der Waals surface area contributed by atoms with E-state index in [4.69, 9.17) is 4.74 Å². The monoisotopic (exact) mass is 294 g/mol. The van der Waals surface area contributed by atoms with Gasteiger partial charge in [-0.1, -0.05) is 22.6 Å². The molecule has 0 aliphatic heterocycles. The number of alkyl halides is 1. The minimum Gasteiger partial charge on any atom is -0.461 e. The number of halogens is 1. The van der Waals surface area contributed by atoms with Crippen molar-refractivity contribution in [2.45, 2.75) is 6.92 Å². The Labute approximate surface area is 90.2 Å². The largest absolute Gasteiger partial charge is 0.461 e. The lowest BCUT2D eigenvalue weighted by atomic mass is 10.3. The maximum Gasteiger partial charge on any atom is 0.356 e. The lowest BCUT2D eigenvalue weighted by molar-refractivity contribution is 0.0521. The molecule has 72 valence electrons. The smallest absolute Gasteiger partial charge is 0.356 e. The highest BCUT2D eigenvalue weighted by atomic mass is 127. The van der Waals surface area contributed by atoms with Crippen molar-refractivity contribution in [2.24, 2.45) is 0 Å². The van der Waals surface area contributed by atoms with Crippen LogP contribution in [0.15, 0.2) is 12.3 Å². The maximum atomic E-state index is 11.3. The summed E-state index contributed by atoms with van der Waals surface area (Å²) >= 11 is 2.17. The van der Waals surface area contributed by atoms with Gasteiger partial charge in [0.05, 0.1) is 16.8 Å². The summed E-state index contributed by atoms with van der Waals surface area (Å²) in [5, 5.41) is 3.05. The van der Waals surface area contributed by atoms with Crippen molar-refractivity contribution in [1.82, 2.24) is 4.98 Å². The Kier molecular flexibility index (Phi) is 4.07. The molecule has 1 heterocycles. The molecule has 0 saturated carbocycles.